The number of nitrogens with zero attached hydrogens (tertiary/aromatic N) is 1. The summed E-state index contributed by atoms with van der Waals surface area (Å²) in [5, 5.41) is 2.79. The Bertz CT molecular complexity index is 515. The standard InChI is InChI=1S/C13H14N2O2S2/c1-9-3-2-4-10(5-9)6-14-11(16)7-15-12(17)8-19-13(15)18/h2-5H,6-8H2,1H3,(H,14,16). The highest BCUT2D eigenvalue weighted by Crippen LogP contribution is 2.18. The highest BCUT2D eigenvalue weighted by Gasteiger charge is 2.28. The van der Waals surface area contributed by atoms with Gasteiger partial charge in [0.15, 0.2) is 0 Å². The lowest BCUT2D eigenvalue weighted by Crippen LogP contribution is -2.39. The molecule has 1 aliphatic heterocycles. The largest absolute Gasteiger partial charge is 0.350 e. The summed E-state index contributed by atoms with van der Waals surface area (Å²) in [6.07, 6.45) is 0. The number of carbonyl (C=O) groups is 2. The molecule has 0 spiro atoms. The molecular formula is C13H14N2O2S2. The summed E-state index contributed by atoms with van der Waals surface area (Å²) >= 11 is 6.32. The van der Waals surface area contributed by atoms with Gasteiger partial charge in [0.05, 0.1) is 5.75 Å². The zero-order valence-corrected chi connectivity index (χ0v) is 12.1. The van der Waals surface area contributed by atoms with Gasteiger partial charge in [0.2, 0.25) is 11.8 Å². The fourth-order valence-corrected chi connectivity index (χ4v) is 2.82. The van der Waals surface area contributed by atoms with Crippen molar-refractivity contribution in [2.24, 2.45) is 0 Å². The number of hydrogen-bond donors (Lipinski definition) is 1. The number of aryl methyl sites for hydroxylation is 1. The number of hydrogen-bond acceptors (Lipinski definition) is 4. The molecule has 1 heterocycles. The topological polar surface area (TPSA) is 49.4 Å². The van der Waals surface area contributed by atoms with E-state index >= 15 is 0 Å². The molecule has 4 nitrogen and oxygen atoms in total. The zero-order valence-electron chi connectivity index (χ0n) is 10.5. The maximum atomic E-state index is 11.8. The van der Waals surface area contributed by atoms with E-state index in [-0.39, 0.29) is 18.4 Å². The van der Waals surface area contributed by atoms with Gasteiger partial charge in [0.1, 0.15) is 10.9 Å². The van der Waals surface area contributed by atoms with Gasteiger partial charge in [-0.3, -0.25) is 14.5 Å². The summed E-state index contributed by atoms with van der Waals surface area (Å²) in [5.74, 6) is 0.0460. The fraction of sp³-hybridized carbons (Fsp3) is 0.308. The quantitative estimate of drug-likeness (QED) is 0.855. The van der Waals surface area contributed by atoms with Gasteiger partial charge in [-0.05, 0) is 12.5 Å². The summed E-state index contributed by atoms with van der Waals surface area (Å²) in [6, 6.07) is 7.92. The van der Waals surface area contributed by atoms with Crippen LogP contribution in [0.15, 0.2) is 24.3 Å². The number of benzene rings is 1. The van der Waals surface area contributed by atoms with Crippen molar-refractivity contribution in [3.8, 4) is 0 Å². The van der Waals surface area contributed by atoms with Crippen molar-refractivity contribution in [1.29, 1.82) is 0 Å². The average molecular weight is 294 g/mol. The lowest BCUT2D eigenvalue weighted by molar-refractivity contribution is -0.129. The highest BCUT2D eigenvalue weighted by molar-refractivity contribution is 8.23. The van der Waals surface area contributed by atoms with Crippen LogP contribution in [0.25, 0.3) is 0 Å². The Morgan fingerprint density at radius 2 is 2.32 bits per heavy atom. The van der Waals surface area contributed by atoms with E-state index in [0.717, 1.165) is 11.1 Å². The minimum atomic E-state index is -0.195. The molecule has 0 radical (unpaired) electrons. The van der Waals surface area contributed by atoms with Crippen LogP contribution in [0.2, 0.25) is 0 Å². The van der Waals surface area contributed by atoms with Crippen LogP contribution in [0, 0.1) is 6.92 Å². The van der Waals surface area contributed by atoms with Crippen molar-refractivity contribution in [1.82, 2.24) is 10.2 Å². The first-order chi connectivity index (χ1) is 9.06. The Labute approximate surface area is 121 Å². The molecule has 1 saturated heterocycles. The fourth-order valence-electron chi connectivity index (χ4n) is 1.76. The molecule has 2 rings (SSSR count). The maximum Gasteiger partial charge on any atom is 0.240 e. The smallest absolute Gasteiger partial charge is 0.240 e. The molecular weight excluding hydrogens is 280 g/mol. The Hall–Kier alpha value is -1.40. The predicted octanol–water partition coefficient (Wildman–Crippen LogP) is 1.47. The van der Waals surface area contributed by atoms with Gasteiger partial charge in [0.25, 0.3) is 0 Å². The molecule has 1 aliphatic rings. The average Bonchev–Trinajstić information content (AvgIpc) is 2.68. The van der Waals surface area contributed by atoms with E-state index in [0.29, 0.717) is 16.6 Å². The van der Waals surface area contributed by atoms with Gasteiger partial charge in [-0.25, -0.2) is 0 Å². The van der Waals surface area contributed by atoms with Gasteiger partial charge in [-0.15, -0.1) is 0 Å². The molecule has 0 aliphatic carbocycles. The van der Waals surface area contributed by atoms with E-state index in [1.807, 2.05) is 31.2 Å². The molecule has 1 N–H and O–H groups in total. The van der Waals surface area contributed by atoms with Crippen molar-refractivity contribution in [3.05, 3.63) is 35.4 Å². The molecule has 0 atom stereocenters. The Kier molecular flexibility index (Phi) is 4.55. The summed E-state index contributed by atoms with van der Waals surface area (Å²) in [5.41, 5.74) is 2.19. The number of amides is 2. The first-order valence-electron chi connectivity index (χ1n) is 5.85. The van der Waals surface area contributed by atoms with Gasteiger partial charge >= 0.3 is 0 Å². The van der Waals surface area contributed by atoms with E-state index in [9.17, 15) is 9.59 Å². The van der Waals surface area contributed by atoms with Gasteiger partial charge in [-0.1, -0.05) is 53.8 Å². The second-order valence-electron chi connectivity index (χ2n) is 4.30. The highest BCUT2D eigenvalue weighted by atomic mass is 32.2. The molecule has 1 aromatic rings. The van der Waals surface area contributed by atoms with E-state index in [1.54, 1.807) is 0 Å². The van der Waals surface area contributed by atoms with Crippen molar-refractivity contribution in [3.63, 3.8) is 0 Å². The molecule has 1 fully saturated rings. The van der Waals surface area contributed by atoms with Gasteiger partial charge < -0.3 is 5.32 Å². The first-order valence-corrected chi connectivity index (χ1v) is 7.25. The van der Waals surface area contributed by atoms with E-state index < -0.39 is 0 Å². The lowest BCUT2D eigenvalue weighted by Gasteiger charge is -2.14. The molecule has 19 heavy (non-hydrogen) atoms. The molecule has 1 aromatic carbocycles. The van der Waals surface area contributed by atoms with Gasteiger partial charge in [0, 0.05) is 6.54 Å². The molecule has 0 bridgehead atoms. The molecule has 0 saturated carbocycles. The normalized spacial score (nSPS) is 14.9. The molecule has 100 valence electrons. The van der Waals surface area contributed by atoms with Crippen molar-refractivity contribution < 1.29 is 9.59 Å². The Morgan fingerprint density at radius 3 is 2.95 bits per heavy atom. The third-order valence-electron chi connectivity index (χ3n) is 2.71. The van der Waals surface area contributed by atoms with E-state index in [2.05, 4.69) is 5.32 Å². The second kappa shape index (κ2) is 6.16. The van der Waals surface area contributed by atoms with Crippen molar-refractivity contribution >= 4 is 40.1 Å². The van der Waals surface area contributed by atoms with E-state index in [4.69, 9.17) is 12.2 Å². The third kappa shape index (κ3) is 3.78. The molecule has 0 aromatic heterocycles. The Balaban J connectivity index is 1.85. The van der Waals surface area contributed by atoms with Crippen LogP contribution in [-0.2, 0) is 16.1 Å². The maximum absolute atomic E-state index is 11.8. The summed E-state index contributed by atoms with van der Waals surface area (Å²) in [6.45, 7) is 2.48. The monoisotopic (exact) mass is 294 g/mol. The van der Waals surface area contributed by atoms with Crippen LogP contribution in [-0.4, -0.2) is 33.3 Å². The SMILES string of the molecule is Cc1cccc(CNC(=O)CN2C(=O)CSC2=S)c1. The first kappa shape index (κ1) is 14.0. The van der Waals surface area contributed by atoms with Crippen LogP contribution >= 0.6 is 24.0 Å². The number of nitrogens with one attached hydrogen (secondary N) is 1. The third-order valence-corrected chi connectivity index (χ3v) is 4.15. The minimum absolute atomic E-state index is 0.0104. The Morgan fingerprint density at radius 1 is 1.53 bits per heavy atom. The number of thiocarbonyl (C=S) groups is 1. The number of rotatable bonds is 4. The zero-order chi connectivity index (χ0) is 13.8. The molecule has 6 heteroatoms. The second-order valence-corrected chi connectivity index (χ2v) is 5.91. The summed E-state index contributed by atoms with van der Waals surface area (Å²) in [7, 11) is 0. The van der Waals surface area contributed by atoms with Crippen LogP contribution < -0.4 is 5.32 Å². The summed E-state index contributed by atoms with van der Waals surface area (Å²) in [4.78, 5) is 24.6. The van der Waals surface area contributed by atoms with Crippen LogP contribution in [0.5, 0.6) is 0 Å². The van der Waals surface area contributed by atoms with E-state index in [1.165, 1.54) is 16.7 Å². The number of carbonyl (C=O) groups excluding carboxylic acids is 2. The van der Waals surface area contributed by atoms with Crippen LogP contribution in [0.4, 0.5) is 0 Å². The minimum Gasteiger partial charge on any atom is -0.350 e. The molecule has 0 unspecified atom stereocenters. The van der Waals surface area contributed by atoms with Crippen LogP contribution in [0.1, 0.15) is 11.1 Å². The summed E-state index contributed by atoms with van der Waals surface area (Å²) < 4.78 is 0.482. The van der Waals surface area contributed by atoms with Crippen LogP contribution in [0.3, 0.4) is 0 Å². The number of thioether (sulfide) groups is 1. The van der Waals surface area contributed by atoms with Crippen molar-refractivity contribution in [2.45, 2.75) is 13.5 Å². The predicted molar refractivity (Wildman–Crippen MR) is 79.8 cm³/mol. The molecule has 2 amide bonds. The lowest BCUT2D eigenvalue weighted by atomic mass is 10.1. The van der Waals surface area contributed by atoms with Crippen molar-refractivity contribution in [2.75, 3.05) is 12.3 Å². The van der Waals surface area contributed by atoms with Gasteiger partial charge in [-0.2, -0.15) is 0 Å².